The lowest BCUT2D eigenvalue weighted by atomic mass is 9.86. The predicted molar refractivity (Wildman–Crippen MR) is 98.4 cm³/mol. The Hall–Kier alpha value is -1.74. The number of sulfonamides is 1. The smallest absolute Gasteiger partial charge is 0.213 e. The molecule has 26 heavy (non-hydrogen) atoms. The van der Waals surface area contributed by atoms with Crippen molar-refractivity contribution in [1.29, 1.82) is 0 Å². The van der Waals surface area contributed by atoms with Gasteiger partial charge in [0.15, 0.2) is 5.96 Å². The van der Waals surface area contributed by atoms with Gasteiger partial charge in [-0.2, -0.15) is 0 Å². The van der Waals surface area contributed by atoms with E-state index in [0.717, 1.165) is 18.9 Å². The van der Waals surface area contributed by atoms with Crippen LogP contribution in [0.4, 0.5) is 8.78 Å². The fourth-order valence-corrected chi connectivity index (χ4v) is 3.65. The molecule has 0 heterocycles. The molecule has 1 aromatic rings. The summed E-state index contributed by atoms with van der Waals surface area (Å²) in [4.78, 5) is 4.00. The standard InChI is InChI=1S/C17H26F2N4O2S/c1-12(15-7-6-14(18)10-16(15)19)23-17(20-2)21-8-9-26(24,25)22-11-13-4-3-5-13/h6-7,10,12-13,22H,3-5,8-9,11H2,1-2H3,(H2,20,21,23). The van der Waals surface area contributed by atoms with Gasteiger partial charge in [-0.25, -0.2) is 21.9 Å². The molecule has 1 aromatic carbocycles. The number of halogens is 2. The van der Waals surface area contributed by atoms with Gasteiger partial charge >= 0.3 is 0 Å². The minimum atomic E-state index is -3.35. The molecule has 146 valence electrons. The van der Waals surface area contributed by atoms with E-state index < -0.39 is 27.7 Å². The molecule has 1 aliphatic rings. The molecule has 0 saturated heterocycles. The Balaban J connectivity index is 1.79. The lowest BCUT2D eigenvalue weighted by Gasteiger charge is -2.25. The maximum atomic E-state index is 13.8. The van der Waals surface area contributed by atoms with Gasteiger partial charge in [0.1, 0.15) is 11.6 Å². The number of nitrogens with zero attached hydrogens (tertiary/aromatic N) is 1. The Bertz CT molecular complexity index is 736. The van der Waals surface area contributed by atoms with Crippen molar-refractivity contribution in [3.05, 3.63) is 35.4 Å². The number of aliphatic imine (C=N–C) groups is 1. The van der Waals surface area contributed by atoms with Gasteiger partial charge in [-0.15, -0.1) is 0 Å². The van der Waals surface area contributed by atoms with Gasteiger partial charge in [0.05, 0.1) is 11.8 Å². The summed E-state index contributed by atoms with van der Waals surface area (Å²) in [6, 6.07) is 2.91. The third kappa shape index (κ3) is 6.21. The second-order valence-electron chi connectivity index (χ2n) is 6.50. The first kappa shape index (κ1) is 20.6. The lowest BCUT2D eigenvalue weighted by Crippen LogP contribution is -2.42. The molecular formula is C17H26F2N4O2S. The molecule has 1 atom stereocenters. The molecule has 0 aromatic heterocycles. The fraction of sp³-hybridized carbons (Fsp3) is 0.588. The topological polar surface area (TPSA) is 82.6 Å². The van der Waals surface area contributed by atoms with E-state index in [0.29, 0.717) is 24.0 Å². The molecule has 3 N–H and O–H groups in total. The number of guanidine groups is 1. The van der Waals surface area contributed by atoms with E-state index in [-0.39, 0.29) is 12.3 Å². The molecular weight excluding hydrogens is 362 g/mol. The SMILES string of the molecule is CN=C(NCCS(=O)(=O)NCC1CCC1)NC(C)c1ccc(F)cc1F. The molecule has 0 amide bonds. The van der Waals surface area contributed by atoms with Crippen LogP contribution in [0.1, 0.15) is 37.8 Å². The predicted octanol–water partition coefficient (Wildman–Crippen LogP) is 1.91. The molecule has 0 radical (unpaired) electrons. The van der Waals surface area contributed by atoms with Crippen LogP contribution < -0.4 is 15.4 Å². The first-order valence-electron chi connectivity index (χ1n) is 8.70. The molecule has 6 nitrogen and oxygen atoms in total. The molecule has 1 unspecified atom stereocenters. The van der Waals surface area contributed by atoms with E-state index in [2.05, 4.69) is 20.3 Å². The summed E-state index contributed by atoms with van der Waals surface area (Å²) in [5, 5.41) is 5.86. The summed E-state index contributed by atoms with van der Waals surface area (Å²) in [6.07, 6.45) is 3.33. The fourth-order valence-electron chi connectivity index (χ4n) is 2.65. The summed E-state index contributed by atoms with van der Waals surface area (Å²) in [5.74, 6) is -0.572. The van der Waals surface area contributed by atoms with Crippen LogP contribution in [0.2, 0.25) is 0 Å². The van der Waals surface area contributed by atoms with Crippen LogP contribution in [0.5, 0.6) is 0 Å². The lowest BCUT2D eigenvalue weighted by molar-refractivity contribution is 0.316. The number of nitrogens with one attached hydrogen (secondary N) is 3. The average molecular weight is 388 g/mol. The van der Waals surface area contributed by atoms with Crippen LogP contribution in [0.15, 0.2) is 23.2 Å². The summed E-state index contributed by atoms with van der Waals surface area (Å²) in [6.45, 7) is 2.37. The van der Waals surface area contributed by atoms with E-state index in [1.165, 1.54) is 25.6 Å². The quantitative estimate of drug-likeness (QED) is 0.469. The van der Waals surface area contributed by atoms with Crippen molar-refractivity contribution in [2.45, 2.75) is 32.2 Å². The Kier molecular flexibility index (Phi) is 7.33. The second kappa shape index (κ2) is 9.27. The van der Waals surface area contributed by atoms with Gasteiger partial charge in [0, 0.05) is 31.8 Å². The zero-order valence-electron chi connectivity index (χ0n) is 15.1. The molecule has 1 saturated carbocycles. The zero-order valence-corrected chi connectivity index (χ0v) is 15.9. The highest BCUT2D eigenvalue weighted by Crippen LogP contribution is 2.25. The Morgan fingerprint density at radius 3 is 2.65 bits per heavy atom. The Morgan fingerprint density at radius 1 is 1.35 bits per heavy atom. The minimum Gasteiger partial charge on any atom is -0.355 e. The van der Waals surface area contributed by atoms with Crippen LogP contribution in [0.3, 0.4) is 0 Å². The van der Waals surface area contributed by atoms with Crippen molar-refractivity contribution < 1.29 is 17.2 Å². The van der Waals surface area contributed by atoms with Crippen molar-refractivity contribution in [1.82, 2.24) is 15.4 Å². The van der Waals surface area contributed by atoms with E-state index in [9.17, 15) is 17.2 Å². The molecule has 9 heteroatoms. The van der Waals surface area contributed by atoms with Crippen molar-refractivity contribution in [3.63, 3.8) is 0 Å². The first-order chi connectivity index (χ1) is 12.3. The maximum absolute atomic E-state index is 13.8. The second-order valence-corrected chi connectivity index (χ2v) is 8.42. The van der Waals surface area contributed by atoms with Gasteiger partial charge in [-0.3, -0.25) is 4.99 Å². The monoisotopic (exact) mass is 388 g/mol. The molecule has 2 rings (SSSR count). The summed E-state index contributed by atoms with van der Waals surface area (Å²) in [7, 11) is -1.81. The van der Waals surface area contributed by atoms with Crippen molar-refractivity contribution in [2.75, 3.05) is 25.9 Å². The third-order valence-electron chi connectivity index (χ3n) is 4.49. The van der Waals surface area contributed by atoms with Crippen molar-refractivity contribution in [2.24, 2.45) is 10.9 Å². The molecule has 0 bridgehead atoms. The summed E-state index contributed by atoms with van der Waals surface area (Å²) >= 11 is 0. The van der Waals surface area contributed by atoms with Crippen LogP contribution in [-0.4, -0.2) is 40.3 Å². The van der Waals surface area contributed by atoms with E-state index in [1.54, 1.807) is 6.92 Å². The number of hydrogen-bond acceptors (Lipinski definition) is 3. The van der Waals surface area contributed by atoms with Crippen molar-refractivity contribution >= 4 is 16.0 Å². The normalized spacial score (nSPS) is 16.8. The van der Waals surface area contributed by atoms with Crippen molar-refractivity contribution in [3.8, 4) is 0 Å². The van der Waals surface area contributed by atoms with Gasteiger partial charge < -0.3 is 10.6 Å². The van der Waals surface area contributed by atoms with Gasteiger partial charge in [0.25, 0.3) is 0 Å². The molecule has 0 spiro atoms. The molecule has 0 aliphatic heterocycles. The Labute approximate surface area is 153 Å². The summed E-state index contributed by atoms with van der Waals surface area (Å²) < 4.78 is 53.4. The summed E-state index contributed by atoms with van der Waals surface area (Å²) in [5.41, 5.74) is 0.295. The minimum absolute atomic E-state index is 0.0836. The highest BCUT2D eigenvalue weighted by molar-refractivity contribution is 7.89. The Morgan fingerprint density at radius 2 is 2.08 bits per heavy atom. The van der Waals surface area contributed by atoms with Gasteiger partial charge in [-0.1, -0.05) is 12.5 Å². The van der Waals surface area contributed by atoms with E-state index in [4.69, 9.17) is 0 Å². The van der Waals surface area contributed by atoms with E-state index >= 15 is 0 Å². The molecule has 1 aliphatic carbocycles. The van der Waals surface area contributed by atoms with Crippen LogP contribution in [-0.2, 0) is 10.0 Å². The number of benzene rings is 1. The highest BCUT2D eigenvalue weighted by atomic mass is 32.2. The number of rotatable bonds is 8. The highest BCUT2D eigenvalue weighted by Gasteiger charge is 2.20. The number of hydrogen-bond donors (Lipinski definition) is 3. The molecule has 1 fully saturated rings. The van der Waals surface area contributed by atoms with Crippen LogP contribution in [0.25, 0.3) is 0 Å². The van der Waals surface area contributed by atoms with Gasteiger partial charge in [0.2, 0.25) is 10.0 Å². The van der Waals surface area contributed by atoms with Crippen LogP contribution >= 0.6 is 0 Å². The van der Waals surface area contributed by atoms with Crippen LogP contribution in [0, 0.1) is 17.6 Å². The largest absolute Gasteiger partial charge is 0.355 e. The first-order valence-corrected chi connectivity index (χ1v) is 10.4. The maximum Gasteiger partial charge on any atom is 0.213 e. The van der Waals surface area contributed by atoms with Gasteiger partial charge in [-0.05, 0) is 31.7 Å². The third-order valence-corrected chi connectivity index (χ3v) is 5.83. The average Bonchev–Trinajstić information content (AvgIpc) is 2.51. The van der Waals surface area contributed by atoms with E-state index in [1.807, 2.05) is 0 Å². The zero-order chi connectivity index (χ0) is 19.2.